The first-order chi connectivity index (χ1) is 13.7. The van der Waals surface area contributed by atoms with E-state index in [-0.39, 0.29) is 5.91 Å². The number of ether oxygens (including phenoxy) is 3. The van der Waals surface area contributed by atoms with Gasteiger partial charge >= 0.3 is 0 Å². The van der Waals surface area contributed by atoms with Crippen LogP contribution in [0.3, 0.4) is 0 Å². The van der Waals surface area contributed by atoms with Gasteiger partial charge in [0.15, 0.2) is 16.7 Å². The van der Waals surface area contributed by atoms with Gasteiger partial charge in [-0.3, -0.25) is 4.79 Å². The third-order valence-electron chi connectivity index (χ3n) is 4.62. The lowest BCUT2D eigenvalue weighted by Crippen LogP contribution is -2.24. The Morgan fingerprint density at radius 1 is 1.11 bits per heavy atom. The predicted molar refractivity (Wildman–Crippen MR) is 106 cm³/mol. The molecule has 1 aromatic heterocycles. The Bertz CT molecular complexity index is 799. The van der Waals surface area contributed by atoms with E-state index in [0.29, 0.717) is 29.5 Å². The Hall–Kier alpha value is -2.42. The predicted octanol–water partition coefficient (Wildman–Crippen LogP) is 2.44. The Morgan fingerprint density at radius 3 is 2.54 bits per heavy atom. The van der Waals surface area contributed by atoms with Gasteiger partial charge in [0.2, 0.25) is 11.7 Å². The standard InChI is InChI=1S/C19H26N4O4S/c1-25-14-9-13(10-15(26-2)18(14)27-3)11-20-17(24)12-28-19-22-21-16-7-5-4-6-8-23(16)19/h9-10H,4-8,11-12H2,1-3H3,(H,20,24). The number of benzene rings is 1. The van der Waals surface area contributed by atoms with Crippen molar-refractivity contribution in [2.45, 2.75) is 43.9 Å². The molecule has 9 heteroatoms. The molecule has 2 heterocycles. The van der Waals surface area contributed by atoms with Crippen LogP contribution in [-0.2, 0) is 24.3 Å². The van der Waals surface area contributed by atoms with Gasteiger partial charge in [-0.25, -0.2) is 0 Å². The van der Waals surface area contributed by atoms with E-state index in [1.807, 2.05) is 12.1 Å². The third-order valence-corrected chi connectivity index (χ3v) is 5.59. The van der Waals surface area contributed by atoms with E-state index in [1.165, 1.54) is 18.2 Å². The highest BCUT2D eigenvalue weighted by Crippen LogP contribution is 2.38. The van der Waals surface area contributed by atoms with Crippen molar-refractivity contribution in [2.75, 3.05) is 27.1 Å². The molecule has 0 saturated carbocycles. The Morgan fingerprint density at radius 2 is 1.86 bits per heavy atom. The number of rotatable bonds is 8. The molecule has 2 aromatic rings. The van der Waals surface area contributed by atoms with Crippen molar-refractivity contribution in [1.29, 1.82) is 0 Å². The highest BCUT2D eigenvalue weighted by atomic mass is 32.2. The number of carbonyl (C=O) groups excluding carboxylic acids is 1. The van der Waals surface area contributed by atoms with Crippen molar-refractivity contribution in [3.8, 4) is 17.2 Å². The van der Waals surface area contributed by atoms with Gasteiger partial charge in [-0.1, -0.05) is 18.2 Å². The number of carbonyl (C=O) groups is 1. The van der Waals surface area contributed by atoms with Crippen LogP contribution < -0.4 is 19.5 Å². The van der Waals surface area contributed by atoms with Crippen molar-refractivity contribution >= 4 is 17.7 Å². The number of aromatic nitrogens is 3. The zero-order valence-electron chi connectivity index (χ0n) is 16.5. The lowest BCUT2D eigenvalue weighted by molar-refractivity contribution is -0.118. The van der Waals surface area contributed by atoms with Crippen LogP contribution in [0.2, 0.25) is 0 Å². The molecule has 152 valence electrons. The normalized spacial score (nSPS) is 13.4. The molecule has 1 aliphatic rings. The van der Waals surface area contributed by atoms with Crippen LogP contribution in [0.15, 0.2) is 17.3 Å². The van der Waals surface area contributed by atoms with Gasteiger partial charge in [0.05, 0.1) is 27.1 Å². The lowest BCUT2D eigenvalue weighted by Gasteiger charge is -2.14. The van der Waals surface area contributed by atoms with Gasteiger partial charge in [-0.15, -0.1) is 10.2 Å². The fraction of sp³-hybridized carbons (Fsp3) is 0.526. The molecular weight excluding hydrogens is 380 g/mol. The molecule has 3 rings (SSSR count). The van der Waals surface area contributed by atoms with Crippen LogP contribution in [0, 0.1) is 0 Å². The Balaban J connectivity index is 1.57. The molecule has 28 heavy (non-hydrogen) atoms. The van der Waals surface area contributed by atoms with Crippen LogP contribution in [0.1, 0.15) is 30.7 Å². The summed E-state index contributed by atoms with van der Waals surface area (Å²) in [5, 5.41) is 12.3. The summed E-state index contributed by atoms with van der Waals surface area (Å²) < 4.78 is 18.2. The minimum Gasteiger partial charge on any atom is -0.493 e. The van der Waals surface area contributed by atoms with Crippen LogP contribution >= 0.6 is 11.8 Å². The van der Waals surface area contributed by atoms with Gasteiger partial charge in [0.1, 0.15) is 5.82 Å². The molecule has 1 N–H and O–H groups in total. The van der Waals surface area contributed by atoms with Crippen LogP contribution in [0.4, 0.5) is 0 Å². The molecule has 0 atom stereocenters. The first-order valence-corrected chi connectivity index (χ1v) is 10.2. The molecule has 0 radical (unpaired) electrons. The Kier molecular flexibility index (Phi) is 7.02. The van der Waals surface area contributed by atoms with Crippen LogP contribution in [0.5, 0.6) is 17.2 Å². The van der Waals surface area contributed by atoms with Crippen molar-refractivity contribution < 1.29 is 19.0 Å². The number of aryl methyl sites for hydroxylation is 1. The summed E-state index contributed by atoms with van der Waals surface area (Å²) in [7, 11) is 4.69. The number of hydrogen-bond acceptors (Lipinski definition) is 7. The van der Waals surface area contributed by atoms with E-state index in [9.17, 15) is 4.79 Å². The number of nitrogens with one attached hydrogen (secondary N) is 1. The second-order valence-corrected chi connectivity index (χ2v) is 7.40. The van der Waals surface area contributed by atoms with Gasteiger partial charge in [-0.2, -0.15) is 0 Å². The average Bonchev–Trinajstić information content (AvgIpc) is 2.95. The lowest BCUT2D eigenvalue weighted by atomic mass is 10.2. The van der Waals surface area contributed by atoms with E-state index >= 15 is 0 Å². The number of thioether (sulfide) groups is 1. The van der Waals surface area contributed by atoms with Gasteiger partial charge in [-0.05, 0) is 30.5 Å². The topological polar surface area (TPSA) is 87.5 Å². The summed E-state index contributed by atoms with van der Waals surface area (Å²) in [5.74, 6) is 2.91. The van der Waals surface area contributed by atoms with Crippen molar-refractivity contribution in [3.05, 3.63) is 23.5 Å². The highest BCUT2D eigenvalue weighted by Gasteiger charge is 2.17. The molecular formula is C19H26N4O4S. The van der Waals surface area contributed by atoms with Gasteiger partial charge in [0.25, 0.3) is 0 Å². The summed E-state index contributed by atoms with van der Waals surface area (Å²) in [6.07, 6.45) is 4.45. The first-order valence-electron chi connectivity index (χ1n) is 9.26. The minimum atomic E-state index is -0.0651. The van der Waals surface area contributed by atoms with E-state index in [2.05, 4.69) is 20.1 Å². The van der Waals surface area contributed by atoms with Crippen molar-refractivity contribution in [3.63, 3.8) is 0 Å². The zero-order valence-corrected chi connectivity index (χ0v) is 17.3. The molecule has 1 aliphatic heterocycles. The molecule has 0 fully saturated rings. The number of fused-ring (bicyclic) bond motifs is 1. The first kappa shape index (κ1) is 20.3. The molecule has 0 saturated heterocycles. The molecule has 1 amide bonds. The largest absolute Gasteiger partial charge is 0.493 e. The fourth-order valence-electron chi connectivity index (χ4n) is 3.18. The second-order valence-electron chi connectivity index (χ2n) is 6.46. The number of amides is 1. The summed E-state index contributed by atoms with van der Waals surface area (Å²) in [4.78, 5) is 12.3. The average molecular weight is 407 g/mol. The highest BCUT2D eigenvalue weighted by molar-refractivity contribution is 7.99. The van der Waals surface area contributed by atoms with Crippen molar-refractivity contribution in [1.82, 2.24) is 20.1 Å². The minimum absolute atomic E-state index is 0.0651. The van der Waals surface area contributed by atoms with Gasteiger partial charge in [0, 0.05) is 19.5 Å². The Labute approximate surface area is 168 Å². The van der Waals surface area contributed by atoms with E-state index < -0.39 is 0 Å². The SMILES string of the molecule is COc1cc(CNC(=O)CSc2nnc3n2CCCCC3)cc(OC)c1OC. The zero-order chi connectivity index (χ0) is 19.9. The third kappa shape index (κ3) is 4.70. The molecule has 8 nitrogen and oxygen atoms in total. The maximum atomic E-state index is 12.3. The van der Waals surface area contributed by atoms with Gasteiger partial charge < -0.3 is 24.1 Å². The van der Waals surface area contributed by atoms with E-state index in [0.717, 1.165) is 42.4 Å². The maximum absolute atomic E-state index is 12.3. The van der Waals surface area contributed by atoms with Crippen LogP contribution in [-0.4, -0.2) is 47.8 Å². The van der Waals surface area contributed by atoms with E-state index in [4.69, 9.17) is 14.2 Å². The molecule has 1 aromatic carbocycles. The second kappa shape index (κ2) is 9.68. The summed E-state index contributed by atoms with van der Waals surface area (Å²) >= 11 is 1.42. The summed E-state index contributed by atoms with van der Waals surface area (Å²) in [6.45, 7) is 1.30. The van der Waals surface area contributed by atoms with E-state index in [1.54, 1.807) is 21.3 Å². The molecule has 0 bridgehead atoms. The number of hydrogen-bond donors (Lipinski definition) is 1. The molecule has 0 spiro atoms. The fourth-order valence-corrected chi connectivity index (χ4v) is 4.00. The molecule has 0 unspecified atom stereocenters. The summed E-state index contributed by atoms with van der Waals surface area (Å²) in [6, 6.07) is 3.65. The molecule has 0 aliphatic carbocycles. The van der Waals surface area contributed by atoms with Crippen molar-refractivity contribution in [2.24, 2.45) is 0 Å². The summed E-state index contributed by atoms with van der Waals surface area (Å²) in [5.41, 5.74) is 0.865. The number of nitrogens with zero attached hydrogens (tertiary/aromatic N) is 3. The number of methoxy groups -OCH3 is 3. The van der Waals surface area contributed by atoms with Crippen LogP contribution in [0.25, 0.3) is 0 Å². The monoisotopic (exact) mass is 406 g/mol. The smallest absolute Gasteiger partial charge is 0.230 e. The quantitative estimate of drug-likeness (QED) is 0.674. The maximum Gasteiger partial charge on any atom is 0.230 e.